The summed E-state index contributed by atoms with van der Waals surface area (Å²) in [6.07, 6.45) is 0. The number of anilines is 6. The third kappa shape index (κ3) is 9.06. The molecule has 0 amide bonds. The van der Waals surface area contributed by atoms with E-state index in [0.717, 1.165) is 127 Å². The van der Waals surface area contributed by atoms with Gasteiger partial charge in [0.1, 0.15) is 0 Å². The lowest BCUT2D eigenvalue weighted by molar-refractivity contribution is 1.15. The molecule has 5 heterocycles. The first kappa shape index (κ1) is 46.0. The predicted octanol–water partition coefficient (Wildman–Crippen LogP) is 23.4. The van der Waals surface area contributed by atoms with E-state index in [1.807, 2.05) is 103 Å². The average molecular weight is 1310 g/mol. The topological polar surface area (TPSA) is 21.3 Å². The van der Waals surface area contributed by atoms with Gasteiger partial charge < -0.3 is 23.5 Å². The van der Waals surface area contributed by atoms with Gasteiger partial charge in [-0.2, -0.15) is 0 Å². The fourth-order valence-corrected chi connectivity index (χ4v) is 16.3. The summed E-state index contributed by atoms with van der Waals surface area (Å²) >= 11 is 0. The second-order valence-electron chi connectivity index (χ2n) is 26.2. The SMILES string of the molecule is [2H]c1c([2H])c([2H])c(-c2ccc3c(c2)N(c2cc(-c4ccccc4)cc(-c4ccccc4)c2)c2cc(-n4c5c([2H])c([2H])c([2H])c([2H])c5c5c([2H])c([2H])c([2H])c([2H])c54)cc4c2B3c2ccc(-n3c5ccccc5c5cc(-n6c7ccccc7c7ccccc76)ccc53)cc2N4c2cc(-c3ccccc3)cc(-c3ccccc3)c2)c([2H])c1[2H]. The summed E-state index contributed by atoms with van der Waals surface area (Å²) in [7, 11) is 0. The zero-order chi connectivity index (χ0) is 78.2. The molecule has 102 heavy (non-hydrogen) atoms. The molecular weight excluding hydrogens is 1230 g/mol. The van der Waals surface area contributed by atoms with E-state index in [2.05, 4.69) is 213 Å². The van der Waals surface area contributed by atoms with Crippen LogP contribution in [-0.4, -0.2) is 20.4 Å². The summed E-state index contributed by atoms with van der Waals surface area (Å²) < 4.78 is 129. The lowest BCUT2D eigenvalue weighted by atomic mass is 9.33. The molecule has 19 aromatic rings. The molecule has 0 aliphatic carbocycles. The Morgan fingerprint density at radius 3 is 1.07 bits per heavy atom. The predicted molar refractivity (Wildman–Crippen MR) is 431 cm³/mol. The van der Waals surface area contributed by atoms with Gasteiger partial charge >= 0.3 is 0 Å². The van der Waals surface area contributed by atoms with Crippen LogP contribution in [0.2, 0.25) is 0 Å². The minimum atomic E-state index is -0.698. The van der Waals surface area contributed by atoms with Gasteiger partial charge in [-0.3, -0.25) is 0 Å². The third-order valence-corrected chi connectivity index (χ3v) is 20.7. The van der Waals surface area contributed by atoms with Gasteiger partial charge in [-0.05, 0) is 187 Å². The number of fused-ring (bicyclic) bond motifs is 13. The molecule has 2 aliphatic heterocycles. The average Bonchev–Trinajstić information content (AvgIpc) is 1.50. The molecule has 0 bridgehead atoms. The van der Waals surface area contributed by atoms with Crippen LogP contribution in [0.1, 0.15) is 17.8 Å². The molecule has 0 saturated heterocycles. The second-order valence-corrected chi connectivity index (χ2v) is 26.2. The molecule has 3 aromatic heterocycles. The highest BCUT2D eigenvalue weighted by atomic mass is 15.2. The minimum absolute atomic E-state index is 0.00807. The summed E-state index contributed by atoms with van der Waals surface area (Å²) in [5, 5.41) is 4.18. The van der Waals surface area contributed by atoms with Crippen molar-refractivity contribution >= 4 is 123 Å². The Bertz CT molecular complexity index is 7140. The van der Waals surface area contributed by atoms with Gasteiger partial charge in [-0.25, -0.2) is 0 Å². The van der Waals surface area contributed by atoms with Crippen LogP contribution in [0, 0.1) is 0 Å². The van der Waals surface area contributed by atoms with Gasteiger partial charge in [-0.1, -0.05) is 261 Å². The molecule has 16 aromatic carbocycles. The monoisotopic (exact) mass is 1310 g/mol. The van der Waals surface area contributed by atoms with Crippen LogP contribution in [0.5, 0.6) is 0 Å². The molecule has 21 rings (SSSR count). The number of aromatic nitrogens is 3. The Balaban J connectivity index is 0.931. The summed E-state index contributed by atoms with van der Waals surface area (Å²) in [6, 6.07) is 95.6. The molecule has 474 valence electrons. The molecule has 6 heteroatoms. The first-order valence-corrected chi connectivity index (χ1v) is 34.2. The minimum Gasteiger partial charge on any atom is -0.311 e. The van der Waals surface area contributed by atoms with Crippen LogP contribution in [-0.2, 0) is 0 Å². The van der Waals surface area contributed by atoms with Gasteiger partial charge in [0.05, 0.1) is 56.6 Å². The maximum absolute atomic E-state index is 10.1. The van der Waals surface area contributed by atoms with Gasteiger partial charge in [-0.15, -0.1) is 0 Å². The van der Waals surface area contributed by atoms with Gasteiger partial charge in [0.15, 0.2) is 0 Å². The first-order chi connectivity index (χ1) is 56.0. The number of hydrogen-bond acceptors (Lipinski definition) is 2. The number of rotatable bonds is 10. The Labute approximate surface area is 609 Å². The van der Waals surface area contributed by atoms with Gasteiger partial charge in [0, 0.05) is 77.8 Å². The van der Waals surface area contributed by atoms with Crippen molar-refractivity contribution in [2.24, 2.45) is 0 Å². The van der Waals surface area contributed by atoms with E-state index in [1.165, 1.54) is 0 Å². The van der Waals surface area contributed by atoms with E-state index >= 15 is 0 Å². The molecule has 0 unspecified atom stereocenters. The van der Waals surface area contributed by atoms with Crippen molar-refractivity contribution in [3.8, 4) is 72.7 Å². The van der Waals surface area contributed by atoms with Crippen molar-refractivity contribution < 1.29 is 17.8 Å². The summed E-state index contributed by atoms with van der Waals surface area (Å²) in [5.41, 5.74) is 19.8. The van der Waals surface area contributed by atoms with Gasteiger partial charge in [0.2, 0.25) is 0 Å². The molecule has 5 nitrogen and oxygen atoms in total. The molecule has 0 saturated carbocycles. The molecule has 2 aliphatic rings. The second kappa shape index (κ2) is 23.1. The van der Waals surface area contributed by atoms with Crippen molar-refractivity contribution in [1.82, 2.24) is 13.7 Å². The lowest BCUT2D eigenvalue weighted by Gasteiger charge is -2.45. The lowest BCUT2D eigenvalue weighted by Crippen LogP contribution is -2.61. The van der Waals surface area contributed by atoms with Crippen molar-refractivity contribution in [3.63, 3.8) is 0 Å². The highest BCUT2D eigenvalue weighted by Gasteiger charge is 2.45. The van der Waals surface area contributed by atoms with E-state index in [0.29, 0.717) is 28.3 Å². The van der Waals surface area contributed by atoms with E-state index in [9.17, 15) is 13.7 Å². The largest absolute Gasteiger partial charge is 0.311 e. The van der Waals surface area contributed by atoms with E-state index in [1.54, 1.807) is 4.57 Å². The Hall–Kier alpha value is -13.4. The van der Waals surface area contributed by atoms with Crippen LogP contribution in [0.15, 0.2) is 376 Å². The van der Waals surface area contributed by atoms with E-state index in [-0.39, 0.29) is 45.1 Å². The number of benzene rings is 16. The maximum Gasteiger partial charge on any atom is 0.252 e. The number of hydrogen-bond donors (Lipinski definition) is 0. The highest BCUT2D eigenvalue weighted by molar-refractivity contribution is 7.00. The summed E-state index contributed by atoms with van der Waals surface area (Å²) in [5.74, 6) is 0. The zero-order valence-corrected chi connectivity index (χ0v) is 54.6. The summed E-state index contributed by atoms with van der Waals surface area (Å²) in [4.78, 5) is 4.42. The highest BCUT2D eigenvalue weighted by Crippen LogP contribution is 2.50. The van der Waals surface area contributed by atoms with Crippen LogP contribution in [0.4, 0.5) is 34.1 Å². The first-order valence-electron chi connectivity index (χ1n) is 40.7. The quantitative estimate of drug-likeness (QED) is 0.127. The van der Waals surface area contributed by atoms with Crippen LogP contribution in [0.25, 0.3) is 138 Å². The third-order valence-electron chi connectivity index (χ3n) is 20.7. The molecule has 0 atom stereocenters. The van der Waals surface area contributed by atoms with Crippen LogP contribution < -0.4 is 26.2 Å². The molecule has 0 N–H and O–H groups in total. The Morgan fingerprint density at radius 2 is 0.578 bits per heavy atom. The molecule has 0 fully saturated rings. The van der Waals surface area contributed by atoms with Crippen LogP contribution >= 0.6 is 0 Å². The summed E-state index contributed by atoms with van der Waals surface area (Å²) in [6.45, 7) is -0.698. The fraction of sp³-hybridized carbons (Fsp3) is 0. The smallest absolute Gasteiger partial charge is 0.252 e. The molecule has 0 radical (unpaired) electrons. The zero-order valence-electron chi connectivity index (χ0n) is 67.6. The van der Waals surface area contributed by atoms with Crippen molar-refractivity contribution in [2.45, 2.75) is 0 Å². The fourth-order valence-electron chi connectivity index (χ4n) is 16.3. The van der Waals surface area contributed by atoms with Crippen molar-refractivity contribution in [2.75, 3.05) is 9.80 Å². The molecule has 0 spiro atoms. The van der Waals surface area contributed by atoms with Crippen LogP contribution in [0.3, 0.4) is 0 Å². The maximum atomic E-state index is 10.1. The van der Waals surface area contributed by atoms with Crippen molar-refractivity contribution in [3.05, 3.63) is 376 Å². The Morgan fingerprint density at radius 1 is 0.206 bits per heavy atom. The van der Waals surface area contributed by atoms with E-state index in [4.69, 9.17) is 4.11 Å². The van der Waals surface area contributed by atoms with Crippen molar-refractivity contribution in [1.29, 1.82) is 0 Å². The van der Waals surface area contributed by atoms with Gasteiger partial charge in [0.25, 0.3) is 6.71 Å². The molecular formula is C96H62BN5. The number of para-hydroxylation sites is 5. The van der Waals surface area contributed by atoms with E-state index < -0.39 is 73.2 Å². The standard InChI is InChI=1S/C96H62BN5/c1-6-26-63(27-7-1)68-46-49-84-92(58-68)101(75-54-69(64-28-8-2-9-29-64)52-70(55-75)65-30-10-3-11-31-65)94-61-77(100-88-43-23-18-38-80(88)81-39-19-24-44-89(81)100)62-95-96(94)97(84)85-50-47-74(60-93(85)102(95)76-56-71(66-32-12-4-13-33-66)53-72(57-76)67-34-14-5-15-35-67)99-90-45-25-20-40-82(90)83-59-73(48-51-91(83)99)98-86-41-21-16-36-78(86)79-37-17-22-42-87(79)98/h1-62H/i1D,6D,7D,18D,19D,23D,24D,26D,27D,38D,39D,43D,44D. The Kier molecular flexibility index (Phi) is 10.4. The normalized spacial score (nSPS) is 14.2. The number of nitrogens with zero attached hydrogens (tertiary/aromatic N) is 5.